The number of nitrogens with two attached hydrogens (primary N) is 1. The number of benzene rings is 1. The van der Waals surface area contributed by atoms with Crippen molar-refractivity contribution in [1.82, 2.24) is 9.55 Å². The summed E-state index contributed by atoms with van der Waals surface area (Å²) < 4.78 is 15.3. The molecule has 0 radical (unpaired) electrons. The molecule has 3 aromatic rings. The molecule has 0 fully saturated rings. The van der Waals surface area contributed by atoms with E-state index in [4.69, 9.17) is 5.73 Å². The summed E-state index contributed by atoms with van der Waals surface area (Å²) in [5.74, 6) is 0.215. The molecule has 0 aliphatic heterocycles. The number of hydrogen-bond acceptors (Lipinski definition) is 4. The summed E-state index contributed by atoms with van der Waals surface area (Å²) in [5, 5.41) is 3.81. The van der Waals surface area contributed by atoms with E-state index in [1.807, 2.05) is 13.0 Å². The van der Waals surface area contributed by atoms with Crippen molar-refractivity contribution in [2.45, 2.75) is 20.4 Å². The highest BCUT2D eigenvalue weighted by molar-refractivity contribution is 5.86. The molecular formula is C18H19FN4O. The van der Waals surface area contributed by atoms with Crippen molar-refractivity contribution in [3.63, 3.8) is 0 Å². The number of anilines is 2. The molecule has 24 heavy (non-hydrogen) atoms. The van der Waals surface area contributed by atoms with E-state index in [0.717, 1.165) is 10.9 Å². The average molecular weight is 326 g/mol. The van der Waals surface area contributed by atoms with Crippen LogP contribution in [0.5, 0.6) is 0 Å². The van der Waals surface area contributed by atoms with Crippen LogP contribution in [0.15, 0.2) is 35.3 Å². The van der Waals surface area contributed by atoms with Crippen molar-refractivity contribution in [3.05, 3.63) is 52.2 Å². The SMILES string of the molecule is CCn1c(=O)c(-c2cc(N)c(F)cc2C)cc2cnc(NC)cc21. The van der Waals surface area contributed by atoms with E-state index < -0.39 is 5.82 Å². The van der Waals surface area contributed by atoms with Gasteiger partial charge < -0.3 is 15.6 Å². The Balaban J connectivity index is 2.36. The highest BCUT2D eigenvalue weighted by atomic mass is 19.1. The van der Waals surface area contributed by atoms with E-state index in [1.165, 1.54) is 12.1 Å². The molecule has 0 spiro atoms. The molecule has 3 N–H and O–H groups in total. The molecule has 2 aromatic heterocycles. The smallest absolute Gasteiger partial charge is 0.258 e. The van der Waals surface area contributed by atoms with Crippen LogP contribution in [0.2, 0.25) is 0 Å². The average Bonchev–Trinajstić information content (AvgIpc) is 2.57. The molecule has 5 nitrogen and oxygen atoms in total. The van der Waals surface area contributed by atoms with Crippen LogP contribution >= 0.6 is 0 Å². The first-order chi connectivity index (χ1) is 11.5. The lowest BCUT2D eigenvalue weighted by atomic mass is 9.99. The van der Waals surface area contributed by atoms with E-state index >= 15 is 0 Å². The van der Waals surface area contributed by atoms with Crippen molar-refractivity contribution in [3.8, 4) is 11.1 Å². The van der Waals surface area contributed by atoms with Gasteiger partial charge in [-0.15, -0.1) is 0 Å². The first-order valence-corrected chi connectivity index (χ1v) is 7.73. The monoisotopic (exact) mass is 326 g/mol. The standard InChI is InChI=1S/C18H19FN4O/c1-4-23-16-8-17(21-3)22-9-11(16)6-13(18(23)24)12-7-15(20)14(19)5-10(12)2/h5-9H,4,20H2,1-3H3,(H,21,22). The van der Waals surface area contributed by atoms with E-state index in [1.54, 1.807) is 30.8 Å². The molecule has 0 saturated carbocycles. The molecule has 1 aromatic carbocycles. The minimum Gasteiger partial charge on any atom is -0.396 e. The van der Waals surface area contributed by atoms with Gasteiger partial charge in [-0.25, -0.2) is 9.37 Å². The zero-order valence-corrected chi connectivity index (χ0v) is 13.9. The highest BCUT2D eigenvalue weighted by Crippen LogP contribution is 2.28. The summed E-state index contributed by atoms with van der Waals surface area (Å²) in [6.45, 7) is 4.20. The lowest BCUT2D eigenvalue weighted by Gasteiger charge is -2.14. The molecule has 0 saturated heterocycles. The van der Waals surface area contributed by atoms with Gasteiger partial charge in [0, 0.05) is 36.8 Å². The second-order valence-corrected chi connectivity index (χ2v) is 5.67. The van der Waals surface area contributed by atoms with Gasteiger partial charge in [0.1, 0.15) is 11.6 Å². The van der Waals surface area contributed by atoms with Crippen molar-refractivity contribution >= 4 is 22.4 Å². The fourth-order valence-electron chi connectivity index (χ4n) is 2.90. The Kier molecular flexibility index (Phi) is 3.97. The quantitative estimate of drug-likeness (QED) is 0.725. The lowest BCUT2D eigenvalue weighted by molar-refractivity contribution is 0.631. The minimum atomic E-state index is -0.479. The lowest BCUT2D eigenvalue weighted by Crippen LogP contribution is -2.22. The number of nitrogens with zero attached hydrogens (tertiary/aromatic N) is 2. The van der Waals surface area contributed by atoms with Gasteiger partial charge >= 0.3 is 0 Å². The zero-order valence-electron chi connectivity index (χ0n) is 13.9. The Hall–Kier alpha value is -2.89. The number of fused-ring (bicyclic) bond motifs is 1. The molecule has 0 aliphatic carbocycles. The van der Waals surface area contributed by atoms with Crippen molar-refractivity contribution in [2.75, 3.05) is 18.1 Å². The highest BCUT2D eigenvalue weighted by Gasteiger charge is 2.14. The number of aryl methyl sites for hydroxylation is 2. The van der Waals surface area contributed by atoms with Gasteiger partial charge in [-0.05, 0) is 43.2 Å². The van der Waals surface area contributed by atoms with Crippen molar-refractivity contribution < 1.29 is 4.39 Å². The third-order valence-electron chi connectivity index (χ3n) is 4.18. The fraction of sp³-hybridized carbons (Fsp3) is 0.222. The van der Waals surface area contributed by atoms with Crippen molar-refractivity contribution in [2.24, 2.45) is 0 Å². The Morgan fingerprint density at radius 2 is 2.00 bits per heavy atom. The number of rotatable bonds is 3. The Labute approximate surface area is 138 Å². The van der Waals surface area contributed by atoms with E-state index in [-0.39, 0.29) is 11.2 Å². The Morgan fingerprint density at radius 3 is 2.67 bits per heavy atom. The molecule has 2 heterocycles. The van der Waals surface area contributed by atoms with Crippen LogP contribution in [0.4, 0.5) is 15.9 Å². The van der Waals surface area contributed by atoms with Gasteiger partial charge in [-0.3, -0.25) is 4.79 Å². The summed E-state index contributed by atoms with van der Waals surface area (Å²) in [4.78, 5) is 17.3. The van der Waals surface area contributed by atoms with Gasteiger partial charge in [0.25, 0.3) is 5.56 Å². The summed E-state index contributed by atoms with van der Waals surface area (Å²) in [7, 11) is 1.78. The van der Waals surface area contributed by atoms with Crippen LogP contribution in [0.3, 0.4) is 0 Å². The van der Waals surface area contributed by atoms with Gasteiger partial charge in [0.2, 0.25) is 0 Å². The summed E-state index contributed by atoms with van der Waals surface area (Å²) in [6, 6.07) is 6.50. The van der Waals surface area contributed by atoms with Crippen LogP contribution < -0.4 is 16.6 Å². The predicted octanol–water partition coefficient (Wildman–Crippen LogP) is 3.15. The maximum atomic E-state index is 13.6. The van der Waals surface area contributed by atoms with Gasteiger partial charge in [0.05, 0.1) is 11.2 Å². The van der Waals surface area contributed by atoms with Crippen LogP contribution in [0.1, 0.15) is 12.5 Å². The maximum Gasteiger partial charge on any atom is 0.258 e. The van der Waals surface area contributed by atoms with Crippen molar-refractivity contribution in [1.29, 1.82) is 0 Å². The number of aromatic nitrogens is 2. The van der Waals surface area contributed by atoms with Crippen LogP contribution in [-0.2, 0) is 6.54 Å². The van der Waals surface area contributed by atoms with Crippen LogP contribution in [0.25, 0.3) is 22.0 Å². The van der Waals surface area contributed by atoms with Gasteiger partial charge in [-0.2, -0.15) is 0 Å². The first-order valence-electron chi connectivity index (χ1n) is 7.73. The summed E-state index contributed by atoms with van der Waals surface area (Å²) in [5.41, 5.74) is 8.19. The maximum absolute atomic E-state index is 13.6. The van der Waals surface area contributed by atoms with E-state index in [2.05, 4.69) is 10.3 Å². The topological polar surface area (TPSA) is 72.9 Å². The fourth-order valence-corrected chi connectivity index (χ4v) is 2.90. The first kappa shape index (κ1) is 16.0. The molecule has 0 aliphatic rings. The number of nitrogen functional groups attached to an aromatic ring is 1. The van der Waals surface area contributed by atoms with Gasteiger partial charge in [0.15, 0.2) is 0 Å². The number of pyridine rings is 2. The number of halogens is 1. The van der Waals surface area contributed by atoms with Crippen LogP contribution in [-0.4, -0.2) is 16.6 Å². The summed E-state index contributed by atoms with van der Waals surface area (Å²) in [6.07, 6.45) is 1.72. The van der Waals surface area contributed by atoms with E-state index in [9.17, 15) is 9.18 Å². The molecular weight excluding hydrogens is 307 g/mol. The molecule has 124 valence electrons. The minimum absolute atomic E-state index is 0.0294. The Bertz CT molecular complexity index is 994. The zero-order chi connectivity index (χ0) is 17.4. The molecule has 0 unspecified atom stereocenters. The molecule has 3 rings (SSSR count). The van der Waals surface area contributed by atoms with E-state index in [0.29, 0.717) is 29.1 Å². The third kappa shape index (κ3) is 2.50. The molecule has 0 atom stereocenters. The summed E-state index contributed by atoms with van der Waals surface area (Å²) >= 11 is 0. The molecule has 0 amide bonds. The second kappa shape index (κ2) is 5.96. The number of hydrogen-bond donors (Lipinski definition) is 2. The number of nitrogens with one attached hydrogen (secondary N) is 1. The second-order valence-electron chi connectivity index (χ2n) is 5.67. The van der Waals surface area contributed by atoms with Gasteiger partial charge in [-0.1, -0.05) is 0 Å². The Morgan fingerprint density at radius 1 is 1.25 bits per heavy atom. The normalized spacial score (nSPS) is 11.0. The predicted molar refractivity (Wildman–Crippen MR) is 95.8 cm³/mol. The van der Waals surface area contributed by atoms with Crippen LogP contribution in [0, 0.1) is 12.7 Å². The molecule has 0 bridgehead atoms. The third-order valence-corrected chi connectivity index (χ3v) is 4.18. The largest absolute Gasteiger partial charge is 0.396 e. The molecule has 6 heteroatoms.